The average Bonchev–Trinajstić information content (AvgIpc) is 3.33. The maximum atomic E-state index is 11.6. The summed E-state index contributed by atoms with van der Waals surface area (Å²) in [5, 5.41) is 8.53. The van der Waals surface area contributed by atoms with Crippen molar-refractivity contribution in [1.82, 2.24) is 16.0 Å². The molecule has 1 aliphatic rings. The van der Waals surface area contributed by atoms with Crippen LogP contribution in [0.4, 0.5) is 4.79 Å². The van der Waals surface area contributed by atoms with Crippen LogP contribution in [0.2, 0.25) is 0 Å². The highest BCUT2D eigenvalue weighted by Crippen LogP contribution is 2.28. The van der Waals surface area contributed by atoms with E-state index in [0.717, 1.165) is 30.4 Å². The average molecular weight is 289 g/mol. The highest BCUT2D eigenvalue weighted by Gasteiger charge is 2.29. The van der Waals surface area contributed by atoms with Gasteiger partial charge in [-0.05, 0) is 30.4 Å². The van der Waals surface area contributed by atoms with Crippen LogP contribution >= 0.6 is 0 Å². The summed E-state index contributed by atoms with van der Waals surface area (Å²) in [5.41, 5.74) is 2.08. The van der Waals surface area contributed by atoms with Crippen LogP contribution in [0.1, 0.15) is 37.3 Å². The molecular formula is C16H23N3O2. The van der Waals surface area contributed by atoms with E-state index in [1.54, 1.807) is 0 Å². The molecule has 0 heterocycles. The first-order valence-electron chi connectivity index (χ1n) is 7.56. The molecule has 5 nitrogen and oxygen atoms in total. The molecule has 21 heavy (non-hydrogen) atoms. The lowest BCUT2D eigenvalue weighted by Gasteiger charge is -2.09. The van der Waals surface area contributed by atoms with Crippen LogP contribution in [-0.2, 0) is 17.9 Å². The lowest BCUT2D eigenvalue weighted by atomic mass is 10.1. The third kappa shape index (κ3) is 5.45. The predicted molar refractivity (Wildman–Crippen MR) is 81.5 cm³/mol. The molecule has 0 aliphatic heterocycles. The Labute approximate surface area is 125 Å². The molecular weight excluding hydrogens is 266 g/mol. The smallest absolute Gasteiger partial charge is 0.315 e. The molecule has 0 radical (unpaired) electrons. The highest BCUT2D eigenvalue weighted by molar-refractivity contribution is 5.80. The predicted octanol–water partition coefficient (Wildman–Crippen LogP) is 1.92. The van der Waals surface area contributed by atoms with Crippen molar-refractivity contribution in [2.45, 2.75) is 39.3 Å². The number of benzene rings is 1. The van der Waals surface area contributed by atoms with Gasteiger partial charge in [0.1, 0.15) is 0 Å². The maximum Gasteiger partial charge on any atom is 0.315 e. The molecule has 2 rings (SSSR count). The van der Waals surface area contributed by atoms with E-state index in [1.807, 2.05) is 31.2 Å². The van der Waals surface area contributed by atoms with Crippen LogP contribution < -0.4 is 16.0 Å². The molecule has 0 atom stereocenters. The van der Waals surface area contributed by atoms with Gasteiger partial charge in [-0.3, -0.25) is 4.79 Å². The maximum absolute atomic E-state index is 11.6. The van der Waals surface area contributed by atoms with Gasteiger partial charge < -0.3 is 16.0 Å². The van der Waals surface area contributed by atoms with Crippen molar-refractivity contribution >= 4 is 11.9 Å². The second-order valence-electron chi connectivity index (χ2n) is 5.42. The molecule has 1 aromatic carbocycles. The minimum atomic E-state index is -0.149. The van der Waals surface area contributed by atoms with Gasteiger partial charge in [0.05, 0.1) is 0 Å². The van der Waals surface area contributed by atoms with E-state index < -0.39 is 0 Å². The van der Waals surface area contributed by atoms with E-state index in [9.17, 15) is 9.59 Å². The summed E-state index contributed by atoms with van der Waals surface area (Å²) >= 11 is 0. The number of urea groups is 1. The fourth-order valence-corrected chi connectivity index (χ4v) is 2.01. The summed E-state index contributed by atoms with van der Waals surface area (Å²) in [5.74, 6) is 0.384. The molecule has 3 N–H and O–H groups in total. The van der Waals surface area contributed by atoms with Crippen molar-refractivity contribution in [2.24, 2.45) is 5.92 Å². The Kier molecular flexibility index (Phi) is 5.60. The zero-order chi connectivity index (χ0) is 15.1. The van der Waals surface area contributed by atoms with E-state index in [2.05, 4.69) is 16.0 Å². The van der Waals surface area contributed by atoms with Crippen molar-refractivity contribution in [3.8, 4) is 0 Å². The largest absolute Gasteiger partial charge is 0.352 e. The fraction of sp³-hybridized carbons (Fsp3) is 0.500. The number of amides is 3. The molecule has 114 valence electrons. The second-order valence-corrected chi connectivity index (χ2v) is 5.42. The lowest BCUT2D eigenvalue weighted by Crippen LogP contribution is -2.35. The third-order valence-corrected chi connectivity index (χ3v) is 3.39. The van der Waals surface area contributed by atoms with Crippen LogP contribution in [-0.4, -0.2) is 18.5 Å². The topological polar surface area (TPSA) is 70.2 Å². The number of hydrogen-bond donors (Lipinski definition) is 3. The standard InChI is InChI=1S/C16H23N3O2/c1-2-8-17-16(21)19-11-13-5-3-4-12(9-13)10-18-15(20)14-6-7-14/h3-5,9,14H,2,6-8,10-11H2,1H3,(H,18,20)(H2,17,19,21). The Morgan fingerprint density at radius 2 is 1.76 bits per heavy atom. The van der Waals surface area contributed by atoms with Gasteiger partial charge in [0, 0.05) is 25.6 Å². The summed E-state index contributed by atoms with van der Waals surface area (Å²) in [6, 6.07) is 7.75. The first-order chi connectivity index (χ1) is 10.2. The Bertz CT molecular complexity index is 498. The monoisotopic (exact) mass is 289 g/mol. The minimum Gasteiger partial charge on any atom is -0.352 e. The number of nitrogens with one attached hydrogen (secondary N) is 3. The molecule has 1 saturated carbocycles. The normalized spacial score (nSPS) is 13.6. The molecule has 1 fully saturated rings. The first-order valence-corrected chi connectivity index (χ1v) is 7.56. The molecule has 0 bridgehead atoms. The van der Waals surface area contributed by atoms with Crippen molar-refractivity contribution in [1.29, 1.82) is 0 Å². The van der Waals surface area contributed by atoms with Gasteiger partial charge in [0.25, 0.3) is 0 Å². The molecule has 1 aliphatic carbocycles. The summed E-state index contributed by atoms with van der Waals surface area (Å²) in [4.78, 5) is 23.1. The quantitative estimate of drug-likeness (QED) is 0.717. The van der Waals surface area contributed by atoms with Crippen LogP contribution in [0.5, 0.6) is 0 Å². The summed E-state index contributed by atoms with van der Waals surface area (Å²) in [7, 11) is 0. The Morgan fingerprint density at radius 1 is 1.10 bits per heavy atom. The summed E-state index contributed by atoms with van der Waals surface area (Å²) in [6.45, 7) is 3.73. The van der Waals surface area contributed by atoms with Gasteiger partial charge in [0.15, 0.2) is 0 Å². The molecule has 0 saturated heterocycles. The minimum absolute atomic E-state index is 0.149. The first kappa shape index (κ1) is 15.4. The molecule has 3 amide bonds. The fourth-order valence-electron chi connectivity index (χ4n) is 2.01. The van der Waals surface area contributed by atoms with Gasteiger partial charge in [-0.25, -0.2) is 4.79 Å². The van der Waals surface area contributed by atoms with Crippen LogP contribution in [0.3, 0.4) is 0 Å². The zero-order valence-corrected chi connectivity index (χ0v) is 12.4. The van der Waals surface area contributed by atoms with E-state index in [-0.39, 0.29) is 17.9 Å². The second kappa shape index (κ2) is 7.67. The van der Waals surface area contributed by atoms with E-state index in [1.165, 1.54) is 0 Å². The van der Waals surface area contributed by atoms with Gasteiger partial charge >= 0.3 is 6.03 Å². The van der Waals surface area contributed by atoms with Crippen LogP contribution in [0.15, 0.2) is 24.3 Å². The third-order valence-electron chi connectivity index (χ3n) is 3.39. The van der Waals surface area contributed by atoms with E-state index in [4.69, 9.17) is 0 Å². The Hall–Kier alpha value is -2.04. The summed E-state index contributed by atoms with van der Waals surface area (Å²) < 4.78 is 0. The highest BCUT2D eigenvalue weighted by atomic mass is 16.2. The van der Waals surface area contributed by atoms with E-state index in [0.29, 0.717) is 19.6 Å². The molecule has 5 heteroatoms. The summed E-state index contributed by atoms with van der Waals surface area (Å²) in [6.07, 6.45) is 2.95. The molecule has 0 aromatic heterocycles. The lowest BCUT2D eigenvalue weighted by molar-refractivity contribution is -0.122. The van der Waals surface area contributed by atoms with Crippen LogP contribution in [0.25, 0.3) is 0 Å². The van der Waals surface area contributed by atoms with Gasteiger partial charge in [0.2, 0.25) is 5.91 Å². The van der Waals surface area contributed by atoms with Gasteiger partial charge in [-0.1, -0.05) is 31.2 Å². The number of rotatable bonds is 7. The zero-order valence-electron chi connectivity index (χ0n) is 12.4. The van der Waals surface area contributed by atoms with Crippen molar-refractivity contribution in [2.75, 3.05) is 6.54 Å². The van der Waals surface area contributed by atoms with Crippen LogP contribution in [0, 0.1) is 5.92 Å². The van der Waals surface area contributed by atoms with Gasteiger partial charge in [-0.2, -0.15) is 0 Å². The molecule has 0 unspecified atom stereocenters. The van der Waals surface area contributed by atoms with Crippen molar-refractivity contribution in [3.63, 3.8) is 0 Å². The Morgan fingerprint density at radius 3 is 2.38 bits per heavy atom. The number of hydrogen-bond acceptors (Lipinski definition) is 2. The number of carbonyl (C=O) groups excluding carboxylic acids is 2. The molecule has 0 spiro atoms. The SMILES string of the molecule is CCCNC(=O)NCc1cccc(CNC(=O)C2CC2)c1. The number of carbonyl (C=O) groups is 2. The molecule has 1 aromatic rings. The van der Waals surface area contributed by atoms with E-state index >= 15 is 0 Å². The van der Waals surface area contributed by atoms with Gasteiger partial charge in [-0.15, -0.1) is 0 Å². The van der Waals surface area contributed by atoms with Crippen molar-refractivity contribution in [3.05, 3.63) is 35.4 Å². The van der Waals surface area contributed by atoms with Crippen molar-refractivity contribution < 1.29 is 9.59 Å². The Balaban J connectivity index is 1.77.